The zero-order chi connectivity index (χ0) is 13.3. The first-order valence-corrected chi connectivity index (χ1v) is 5.22. The van der Waals surface area contributed by atoms with E-state index in [2.05, 4.69) is 4.98 Å². The van der Waals surface area contributed by atoms with Gasteiger partial charge < -0.3 is 9.67 Å². The van der Waals surface area contributed by atoms with Gasteiger partial charge in [-0.1, -0.05) is 24.3 Å². The number of aliphatic hydroxyl groups excluding tert-OH is 1. The highest BCUT2D eigenvalue weighted by Gasteiger charge is 2.36. The van der Waals surface area contributed by atoms with Crippen LogP contribution in [-0.2, 0) is 19.8 Å². The maximum atomic E-state index is 12.6. The molecule has 1 aromatic carbocycles. The topological polar surface area (TPSA) is 38.0 Å². The average molecular weight is 256 g/mol. The van der Waals surface area contributed by atoms with Crippen molar-refractivity contribution in [3.05, 3.63) is 41.9 Å². The lowest BCUT2D eigenvalue weighted by Gasteiger charge is -2.04. The number of alkyl halides is 3. The second kappa shape index (κ2) is 4.45. The molecule has 96 valence electrons. The summed E-state index contributed by atoms with van der Waals surface area (Å²) in [6, 6.07) is 6.57. The van der Waals surface area contributed by atoms with Gasteiger partial charge in [0.05, 0.1) is 12.3 Å². The number of nitrogens with zero attached hydrogens (tertiary/aromatic N) is 2. The van der Waals surface area contributed by atoms with Crippen molar-refractivity contribution in [2.75, 3.05) is 0 Å². The van der Waals surface area contributed by atoms with Gasteiger partial charge in [0.25, 0.3) is 0 Å². The molecule has 1 N–H and O–H groups in total. The molecule has 0 saturated heterocycles. The number of rotatable bonds is 2. The van der Waals surface area contributed by atoms with Crippen LogP contribution in [0.15, 0.2) is 30.5 Å². The van der Waals surface area contributed by atoms with Crippen molar-refractivity contribution in [2.24, 2.45) is 7.05 Å². The Morgan fingerprint density at radius 2 is 1.83 bits per heavy atom. The van der Waals surface area contributed by atoms with Crippen molar-refractivity contribution in [1.82, 2.24) is 9.55 Å². The third kappa shape index (κ3) is 2.38. The van der Waals surface area contributed by atoms with Gasteiger partial charge in [-0.25, -0.2) is 4.98 Å². The number of halogens is 3. The van der Waals surface area contributed by atoms with Crippen molar-refractivity contribution in [3.63, 3.8) is 0 Å². The molecule has 0 aliphatic rings. The van der Waals surface area contributed by atoms with Crippen molar-refractivity contribution < 1.29 is 18.3 Å². The first-order valence-electron chi connectivity index (χ1n) is 5.22. The zero-order valence-electron chi connectivity index (χ0n) is 9.57. The van der Waals surface area contributed by atoms with E-state index in [1.54, 1.807) is 24.3 Å². The Morgan fingerprint density at radius 3 is 2.28 bits per heavy atom. The third-order valence-electron chi connectivity index (χ3n) is 2.56. The van der Waals surface area contributed by atoms with E-state index in [0.717, 1.165) is 4.57 Å². The minimum Gasteiger partial charge on any atom is -0.392 e. The maximum Gasteiger partial charge on any atom is 0.449 e. The fourth-order valence-corrected chi connectivity index (χ4v) is 1.65. The summed E-state index contributed by atoms with van der Waals surface area (Å²) in [6.45, 7) is -0.101. The minimum atomic E-state index is -4.46. The Bertz CT molecular complexity index is 543. The monoisotopic (exact) mass is 256 g/mol. The molecule has 0 aliphatic heterocycles. The molecule has 3 nitrogen and oxygen atoms in total. The van der Waals surface area contributed by atoms with E-state index in [-0.39, 0.29) is 12.3 Å². The summed E-state index contributed by atoms with van der Waals surface area (Å²) in [5.74, 6) is -0.927. The molecule has 0 radical (unpaired) electrons. The van der Waals surface area contributed by atoms with Crippen LogP contribution < -0.4 is 0 Å². The Hall–Kier alpha value is -1.82. The van der Waals surface area contributed by atoms with E-state index in [4.69, 9.17) is 5.11 Å². The molecule has 0 bridgehead atoms. The highest BCUT2D eigenvalue weighted by molar-refractivity contribution is 5.59. The molecule has 0 aliphatic carbocycles. The number of hydrogen-bond donors (Lipinski definition) is 1. The van der Waals surface area contributed by atoms with Gasteiger partial charge in [0.15, 0.2) is 0 Å². The van der Waals surface area contributed by atoms with E-state index < -0.39 is 12.0 Å². The molecule has 1 aromatic heterocycles. The van der Waals surface area contributed by atoms with Gasteiger partial charge >= 0.3 is 6.18 Å². The molecule has 0 atom stereocenters. The van der Waals surface area contributed by atoms with Gasteiger partial charge in [0.1, 0.15) is 0 Å². The summed E-state index contributed by atoms with van der Waals surface area (Å²) >= 11 is 0. The number of benzene rings is 1. The van der Waals surface area contributed by atoms with Gasteiger partial charge in [-0.3, -0.25) is 0 Å². The van der Waals surface area contributed by atoms with Gasteiger partial charge in [-0.2, -0.15) is 13.2 Å². The van der Waals surface area contributed by atoms with E-state index in [1.165, 1.54) is 13.2 Å². The van der Waals surface area contributed by atoms with E-state index in [1.807, 2.05) is 0 Å². The molecule has 2 aromatic rings. The quantitative estimate of drug-likeness (QED) is 0.896. The molecule has 2 rings (SSSR count). The number of imidazole rings is 1. The summed E-state index contributed by atoms with van der Waals surface area (Å²) in [7, 11) is 1.31. The minimum absolute atomic E-state index is 0.101. The summed E-state index contributed by atoms with van der Waals surface area (Å²) < 4.78 is 38.7. The molecule has 6 heteroatoms. The normalized spacial score (nSPS) is 11.8. The van der Waals surface area contributed by atoms with Crippen LogP contribution in [0, 0.1) is 0 Å². The number of aliphatic hydroxyl groups is 1. The fourth-order valence-electron chi connectivity index (χ4n) is 1.65. The molecular formula is C12H11F3N2O. The molecule has 0 amide bonds. The second-order valence-corrected chi connectivity index (χ2v) is 3.91. The average Bonchev–Trinajstić information content (AvgIpc) is 2.71. The predicted octanol–water partition coefficient (Wildman–Crippen LogP) is 2.60. The van der Waals surface area contributed by atoms with Crippen LogP contribution in [0.1, 0.15) is 11.4 Å². The lowest BCUT2D eigenvalue weighted by molar-refractivity contribution is -0.146. The van der Waals surface area contributed by atoms with Crippen LogP contribution in [0.3, 0.4) is 0 Å². The van der Waals surface area contributed by atoms with Crippen LogP contribution in [0.4, 0.5) is 13.2 Å². The smallest absolute Gasteiger partial charge is 0.392 e. The maximum absolute atomic E-state index is 12.6. The van der Waals surface area contributed by atoms with Crippen LogP contribution >= 0.6 is 0 Å². The second-order valence-electron chi connectivity index (χ2n) is 3.91. The highest BCUT2D eigenvalue weighted by atomic mass is 19.4. The molecule has 0 saturated carbocycles. The third-order valence-corrected chi connectivity index (χ3v) is 2.56. The molecule has 0 fully saturated rings. The molecule has 18 heavy (non-hydrogen) atoms. The van der Waals surface area contributed by atoms with Crippen molar-refractivity contribution in [3.8, 4) is 11.3 Å². The fraction of sp³-hybridized carbons (Fsp3) is 0.250. The summed E-state index contributed by atoms with van der Waals surface area (Å²) in [6.07, 6.45) is -3.13. The summed E-state index contributed by atoms with van der Waals surface area (Å²) in [5, 5.41) is 8.89. The largest absolute Gasteiger partial charge is 0.449 e. The molecule has 0 spiro atoms. The Morgan fingerprint density at radius 1 is 1.22 bits per heavy atom. The standard InChI is InChI=1S/C12H11F3N2O/c1-17-6-10(16-11(17)12(13,14)15)9-4-2-8(7-18)3-5-9/h2-6,18H,7H2,1H3. The Balaban J connectivity index is 2.39. The summed E-state index contributed by atoms with van der Waals surface area (Å²) in [4.78, 5) is 3.58. The molecular weight excluding hydrogens is 245 g/mol. The predicted molar refractivity (Wildman–Crippen MR) is 59.6 cm³/mol. The molecule has 1 heterocycles. The number of aryl methyl sites for hydroxylation is 1. The SMILES string of the molecule is Cn1cc(-c2ccc(CO)cc2)nc1C(F)(F)F. The zero-order valence-corrected chi connectivity index (χ0v) is 9.57. The van der Waals surface area contributed by atoms with Crippen LogP contribution in [-0.4, -0.2) is 14.7 Å². The summed E-state index contributed by atoms with van der Waals surface area (Å²) in [5.41, 5.74) is 1.54. The van der Waals surface area contributed by atoms with Gasteiger partial charge in [0.2, 0.25) is 5.82 Å². The Kier molecular flexibility index (Phi) is 3.13. The highest BCUT2D eigenvalue weighted by Crippen LogP contribution is 2.30. The van der Waals surface area contributed by atoms with E-state index >= 15 is 0 Å². The van der Waals surface area contributed by atoms with Crippen LogP contribution in [0.25, 0.3) is 11.3 Å². The lowest BCUT2D eigenvalue weighted by Crippen LogP contribution is -2.12. The van der Waals surface area contributed by atoms with Crippen molar-refractivity contribution in [1.29, 1.82) is 0 Å². The first-order chi connectivity index (χ1) is 8.41. The number of hydrogen-bond acceptors (Lipinski definition) is 2. The van der Waals surface area contributed by atoms with Gasteiger partial charge in [-0.05, 0) is 5.56 Å². The Labute approximate surface area is 102 Å². The van der Waals surface area contributed by atoms with E-state index in [0.29, 0.717) is 11.1 Å². The van der Waals surface area contributed by atoms with Crippen molar-refractivity contribution in [2.45, 2.75) is 12.8 Å². The van der Waals surface area contributed by atoms with E-state index in [9.17, 15) is 13.2 Å². The van der Waals surface area contributed by atoms with Gasteiger partial charge in [0, 0.05) is 18.8 Å². The van der Waals surface area contributed by atoms with Gasteiger partial charge in [-0.15, -0.1) is 0 Å². The van der Waals surface area contributed by atoms with Crippen molar-refractivity contribution >= 4 is 0 Å². The van der Waals surface area contributed by atoms with Crippen LogP contribution in [0.2, 0.25) is 0 Å². The van der Waals surface area contributed by atoms with Crippen LogP contribution in [0.5, 0.6) is 0 Å². The number of aromatic nitrogens is 2. The first kappa shape index (κ1) is 12.6. The lowest BCUT2D eigenvalue weighted by atomic mass is 10.1. The molecule has 0 unspecified atom stereocenters.